The third-order valence-electron chi connectivity index (χ3n) is 2.07. The van der Waals surface area contributed by atoms with Crippen molar-refractivity contribution in [3.63, 3.8) is 0 Å². The number of carbonyl (C=O) groups is 1. The van der Waals surface area contributed by atoms with Gasteiger partial charge in [0.25, 0.3) is 0 Å². The standard InChI is InChI=1S/C11H10F3NO2/c1-6(11(16)17)4-5-15-8-3-2-7(12)9(13)10(8)14/h2-4,15H,5H2,1H3,(H,16,17)/b6-4-. The normalized spacial score (nSPS) is 11.4. The fourth-order valence-electron chi connectivity index (χ4n) is 1.06. The summed E-state index contributed by atoms with van der Waals surface area (Å²) in [6.45, 7) is 1.37. The molecule has 0 amide bonds. The van der Waals surface area contributed by atoms with Gasteiger partial charge in [0.15, 0.2) is 17.5 Å². The van der Waals surface area contributed by atoms with Crippen LogP contribution in [0.1, 0.15) is 6.92 Å². The van der Waals surface area contributed by atoms with Crippen molar-refractivity contribution in [3.05, 3.63) is 41.2 Å². The van der Waals surface area contributed by atoms with Crippen LogP contribution in [0.2, 0.25) is 0 Å². The first-order chi connectivity index (χ1) is 7.93. The Morgan fingerprint density at radius 1 is 1.35 bits per heavy atom. The van der Waals surface area contributed by atoms with E-state index in [-0.39, 0.29) is 17.8 Å². The van der Waals surface area contributed by atoms with Gasteiger partial charge in [0.1, 0.15) is 0 Å². The molecule has 0 heterocycles. The lowest BCUT2D eigenvalue weighted by atomic mass is 10.2. The second kappa shape index (κ2) is 5.38. The summed E-state index contributed by atoms with van der Waals surface area (Å²) in [5.74, 6) is -5.26. The van der Waals surface area contributed by atoms with Crippen molar-refractivity contribution in [1.82, 2.24) is 0 Å². The Morgan fingerprint density at radius 3 is 2.59 bits per heavy atom. The Labute approximate surface area is 95.6 Å². The average Bonchev–Trinajstić information content (AvgIpc) is 2.28. The molecule has 0 spiro atoms. The third kappa shape index (κ3) is 3.24. The molecule has 0 radical (unpaired) electrons. The Morgan fingerprint density at radius 2 is 2.00 bits per heavy atom. The SMILES string of the molecule is C/C(=C/CNc1ccc(F)c(F)c1F)C(=O)O. The highest BCUT2D eigenvalue weighted by Crippen LogP contribution is 2.19. The van der Waals surface area contributed by atoms with Crippen LogP contribution in [0.15, 0.2) is 23.8 Å². The van der Waals surface area contributed by atoms with Crippen molar-refractivity contribution >= 4 is 11.7 Å². The maximum absolute atomic E-state index is 13.1. The molecule has 0 saturated heterocycles. The number of hydrogen-bond acceptors (Lipinski definition) is 2. The van der Waals surface area contributed by atoms with Gasteiger partial charge in [-0.3, -0.25) is 0 Å². The zero-order chi connectivity index (χ0) is 13.0. The molecule has 0 aromatic heterocycles. The molecule has 17 heavy (non-hydrogen) atoms. The largest absolute Gasteiger partial charge is 0.478 e. The van der Waals surface area contributed by atoms with E-state index in [1.54, 1.807) is 0 Å². The summed E-state index contributed by atoms with van der Waals surface area (Å²) in [5, 5.41) is 11.0. The Balaban J connectivity index is 2.74. The van der Waals surface area contributed by atoms with E-state index < -0.39 is 23.4 Å². The number of benzene rings is 1. The van der Waals surface area contributed by atoms with Crippen LogP contribution >= 0.6 is 0 Å². The van der Waals surface area contributed by atoms with E-state index in [4.69, 9.17) is 5.11 Å². The van der Waals surface area contributed by atoms with E-state index in [0.717, 1.165) is 12.1 Å². The molecule has 0 aliphatic carbocycles. The summed E-state index contributed by atoms with van der Waals surface area (Å²) in [6.07, 6.45) is 1.29. The second-order valence-electron chi connectivity index (χ2n) is 3.30. The molecule has 2 N–H and O–H groups in total. The molecule has 0 aliphatic heterocycles. The number of aliphatic carboxylic acids is 1. The van der Waals surface area contributed by atoms with Crippen LogP contribution in [0.25, 0.3) is 0 Å². The minimum Gasteiger partial charge on any atom is -0.478 e. The summed E-state index contributed by atoms with van der Waals surface area (Å²) < 4.78 is 38.5. The van der Waals surface area contributed by atoms with Crippen LogP contribution in [-0.2, 0) is 4.79 Å². The summed E-state index contributed by atoms with van der Waals surface area (Å²) in [7, 11) is 0. The lowest BCUT2D eigenvalue weighted by molar-refractivity contribution is -0.132. The van der Waals surface area contributed by atoms with Crippen LogP contribution in [0, 0.1) is 17.5 Å². The van der Waals surface area contributed by atoms with Gasteiger partial charge >= 0.3 is 5.97 Å². The number of hydrogen-bond donors (Lipinski definition) is 2. The topological polar surface area (TPSA) is 49.3 Å². The number of anilines is 1. The Kier molecular flexibility index (Phi) is 4.14. The number of halogens is 3. The van der Waals surface area contributed by atoms with E-state index >= 15 is 0 Å². The molecule has 6 heteroatoms. The Bertz CT molecular complexity index is 472. The van der Waals surface area contributed by atoms with Gasteiger partial charge in [0.05, 0.1) is 5.69 Å². The average molecular weight is 245 g/mol. The van der Waals surface area contributed by atoms with Crippen LogP contribution in [-0.4, -0.2) is 17.6 Å². The highest BCUT2D eigenvalue weighted by Gasteiger charge is 2.12. The van der Waals surface area contributed by atoms with Crippen LogP contribution in [0.4, 0.5) is 18.9 Å². The third-order valence-corrected chi connectivity index (χ3v) is 2.07. The van der Waals surface area contributed by atoms with Crippen LogP contribution in [0.5, 0.6) is 0 Å². The first kappa shape index (κ1) is 13.1. The van der Waals surface area contributed by atoms with Gasteiger partial charge in [-0.1, -0.05) is 6.08 Å². The van der Waals surface area contributed by atoms with Crippen LogP contribution in [0.3, 0.4) is 0 Å². The van der Waals surface area contributed by atoms with Gasteiger partial charge in [-0.25, -0.2) is 18.0 Å². The molecular formula is C11H10F3NO2. The summed E-state index contributed by atoms with van der Waals surface area (Å²) >= 11 is 0. The zero-order valence-corrected chi connectivity index (χ0v) is 8.93. The molecule has 1 rings (SSSR count). The molecule has 0 fully saturated rings. The summed E-state index contributed by atoms with van der Waals surface area (Å²) in [4.78, 5) is 10.4. The smallest absolute Gasteiger partial charge is 0.331 e. The van der Waals surface area contributed by atoms with Gasteiger partial charge in [-0.2, -0.15) is 0 Å². The van der Waals surface area contributed by atoms with Crippen molar-refractivity contribution in [2.24, 2.45) is 0 Å². The van der Waals surface area contributed by atoms with E-state index in [1.165, 1.54) is 13.0 Å². The summed E-state index contributed by atoms with van der Waals surface area (Å²) in [6, 6.07) is 1.83. The van der Waals surface area contributed by atoms with Gasteiger partial charge in [0.2, 0.25) is 0 Å². The second-order valence-corrected chi connectivity index (χ2v) is 3.30. The molecule has 92 valence electrons. The molecule has 1 aromatic carbocycles. The van der Waals surface area contributed by atoms with E-state index in [2.05, 4.69) is 5.32 Å². The van der Waals surface area contributed by atoms with Gasteiger partial charge in [0, 0.05) is 12.1 Å². The molecule has 0 atom stereocenters. The van der Waals surface area contributed by atoms with Crippen molar-refractivity contribution < 1.29 is 23.1 Å². The molecule has 0 unspecified atom stereocenters. The first-order valence-corrected chi connectivity index (χ1v) is 4.71. The van der Waals surface area contributed by atoms with E-state index in [9.17, 15) is 18.0 Å². The predicted octanol–water partition coefficient (Wildman–Crippen LogP) is 2.55. The minimum atomic E-state index is -1.56. The van der Waals surface area contributed by atoms with Crippen molar-refractivity contribution in [3.8, 4) is 0 Å². The lowest BCUT2D eigenvalue weighted by Gasteiger charge is -2.06. The fourth-order valence-corrected chi connectivity index (χ4v) is 1.06. The lowest BCUT2D eigenvalue weighted by Crippen LogP contribution is -2.06. The van der Waals surface area contributed by atoms with Crippen molar-refractivity contribution in [2.75, 3.05) is 11.9 Å². The van der Waals surface area contributed by atoms with E-state index in [1.807, 2.05) is 0 Å². The van der Waals surface area contributed by atoms with Gasteiger partial charge in [-0.05, 0) is 19.1 Å². The number of carboxylic acids is 1. The van der Waals surface area contributed by atoms with Crippen molar-refractivity contribution in [1.29, 1.82) is 0 Å². The molecule has 0 aliphatic rings. The molecule has 0 saturated carbocycles. The van der Waals surface area contributed by atoms with Crippen LogP contribution < -0.4 is 5.32 Å². The monoisotopic (exact) mass is 245 g/mol. The highest BCUT2D eigenvalue weighted by atomic mass is 19.2. The fraction of sp³-hybridized carbons (Fsp3) is 0.182. The quantitative estimate of drug-likeness (QED) is 0.633. The maximum atomic E-state index is 13.1. The van der Waals surface area contributed by atoms with Crippen molar-refractivity contribution in [2.45, 2.75) is 6.92 Å². The maximum Gasteiger partial charge on any atom is 0.331 e. The first-order valence-electron chi connectivity index (χ1n) is 4.71. The summed E-state index contributed by atoms with van der Waals surface area (Å²) in [5.41, 5.74) is -0.154. The minimum absolute atomic E-state index is 0.000125. The number of carboxylic acid groups (broad SMARTS) is 1. The molecule has 0 bridgehead atoms. The predicted molar refractivity (Wildman–Crippen MR) is 56.2 cm³/mol. The van der Waals surface area contributed by atoms with Gasteiger partial charge in [-0.15, -0.1) is 0 Å². The molecular weight excluding hydrogens is 235 g/mol. The number of rotatable bonds is 4. The molecule has 1 aromatic rings. The zero-order valence-electron chi connectivity index (χ0n) is 8.93. The Hall–Kier alpha value is -1.98. The van der Waals surface area contributed by atoms with E-state index in [0.29, 0.717) is 0 Å². The van der Waals surface area contributed by atoms with Gasteiger partial charge < -0.3 is 10.4 Å². The number of nitrogens with one attached hydrogen (secondary N) is 1. The molecule has 3 nitrogen and oxygen atoms in total. The highest BCUT2D eigenvalue weighted by molar-refractivity contribution is 5.85.